The Bertz CT molecular complexity index is 1060. The van der Waals surface area contributed by atoms with E-state index in [1.807, 2.05) is 30.3 Å². The van der Waals surface area contributed by atoms with Crippen molar-refractivity contribution in [2.45, 2.75) is 19.4 Å². The molecule has 3 rings (SSSR count). The molecule has 0 aliphatic carbocycles. The molecule has 31 heavy (non-hydrogen) atoms. The van der Waals surface area contributed by atoms with Crippen LogP contribution < -0.4 is 14.8 Å². The average molecular weight is 424 g/mol. The highest BCUT2D eigenvalue weighted by atomic mass is 16.5. The summed E-state index contributed by atoms with van der Waals surface area (Å²) in [6.07, 6.45) is -0.0667. The number of ether oxygens (including phenoxy) is 3. The highest BCUT2D eigenvalue weighted by Gasteiger charge is 2.26. The van der Waals surface area contributed by atoms with Gasteiger partial charge in [-0.25, -0.2) is 0 Å². The lowest BCUT2D eigenvalue weighted by Crippen LogP contribution is -2.31. The van der Waals surface area contributed by atoms with Crippen LogP contribution in [0.2, 0.25) is 0 Å². The Hall–Kier alpha value is -3.81. The van der Waals surface area contributed by atoms with Gasteiger partial charge in [0.1, 0.15) is 17.0 Å². The van der Waals surface area contributed by atoms with Crippen LogP contribution in [-0.2, 0) is 9.53 Å². The van der Waals surface area contributed by atoms with Crippen molar-refractivity contribution in [3.8, 4) is 22.8 Å². The first-order valence-corrected chi connectivity index (χ1v) is 9.59. The fourth-order valence-corrected chi connectivity index (χ4v) is 3.23. The summed E-state index contributed by atoms with van der Waals surface area (Å²) in [7, 11) is 4.35. The average Bonchev–Trinajstić information content (AvgIpc) is 3.19. The van der Waals surface area contributed by atoms with Crippen molar-refractivity contribution in [3.05, 3.63) is 65.4 Å². The summed E-state index contributed by atoms with van der Waals surface area (Å²) in [6.45, 7) is 1.67. The van der Waals surface area contributed by atoms with Gasteiger partial charge in [-0.15, -0.1) is 0 Å². The first kappa shape index (κ1) is 21.9. The number of amides is 1. The Balaban J connectivity index is 1.95. The molecule has 1 N–H and O–H groups in total. The highest BCUT2D eigenvalue weighted by Crippen LogP contribution is 2.32. The van der Waals surface area contributed by atoms with Crippen molar-refractivity contribution in [1.29, 1.82) is 0 Å². The second-order valence-electron chi connectivity index (χ2n) is 6.75. The number of aromatic nitrogens is 1. The van der Waals surface area contributed by atoms with E-state index in [0.717, 1.165) is 5.56 Å². The molecule has 3 aromatic rings. The Labute approximate surface area is 180 Å². The Morgan fingerprint density at radius 2 is 1.74 bits per heavy atom. The molecule has 8 heteroatoms. The minimum absolute atomic E-state index is 0.0667. The van der Waals surface area contributed by atoms with E-state index < -0.39 is 17.9 Å². The quantitative estimate of drug-likeness (QED) is 0.550. The molecule has 0 radical (unpaired) electrons. The molecule has 0 spiro atoms. The Morgan fingerprint density at radius 1 is 1.03 bits per heavy atom. The maximum absolute atomic E-state index is 13.2. The monoisotopic (exact) mass is 424 g/mol. The van der Waals surface area contributed by atoms with Gasteiger partial charge in [0.15, 0.2) is 11.5 Å². The summed E-state index contributed by atoms with van der Waals surface area (Å²) >= 11 is 0. The molecule has 1 aromatic heterocycles. The lowest BCUT2D eigenvalue weighted by atomic mass is 10.0. The molecule has 2 aromatic carbocycles. The summed E-state index contributed by atoms with van der Waals surface area (Å²) in [4.78, 5) is 25.3. The van der Waals surface area contributed by atoms with Gasteiger partial charge < -0.3 is 24.1 Å². The van der Waals surface area contributed by atoms with Crippen LogP contribution in [0.4, 0.5) is 0 Å². The lowest BCUT2D eigenvalue weighted by Gasteiger charge is -2.20. The van der Waals surface area contributed by atoms with E-state index >= 15 is 0 Å². The van der Waals surface area contributed by atoms with E-state index in [1.165, 1.54) is 21.3 Å². The lowest BCUT2D eigenvalue weighted by molar-refractivity contribution is -0.141. The number of nitrogens with zero attached hydrogens (tertiary/aromatic N) is 1. The minimum atomic E-state index is -0.669. The van der Waals surface area contributed by atoms with Crippen LogP contribution in [0.1, 0.15) is 34.1 Å². The largest absolute Gasteiger partial charge is 0.493 e. The number of esters is 1. The summed E-state index contributed by atoms with van der Waals surface area (Å²) in [5.41, 5.74) is 2.15. The zero-order valence-corrected chi connectivity index (χ0v) is 17.8. The molecule has 0 saturated heterocycles. The van der Waals surface area contributed by atoms with E-state index in [4.69, 9.17) is 18.7 Å². The third kappa shape index (κ3) is 4.85. The van der Waals surface area contributed by atoms with Crippen molar-refractivity contribution < 1.29 is 28.3 Å². The van der Waals surface area contributed by atoms with Crippen molar-refractivity contribution in [2.24, 2.45) is 0 Å². The number of carbonyl (C=O) groups excluding carboxylic acids is 2. The number of nitrogens with one attached hydrogen (secondary N) is 1. The van der Waals surface area contributed by atoms with E-state index in [1.54, 1.807) is 25.1 Å². The maximum atomic E-state index is 13.2. The molecule has 1 amide bonds. The highest BCUT2D eigenvalue weighted by molar-refractivity contribution is 6.01. The van der Waals surface area contributed by atoms with Crippen LogP contribution in [0.25, 0.3) is 11.3 Å². The normalized spacial score (nSPS) is 11.5. The Morgan fingerprint density at radius 3 is 2.39 bits per heavy atom. The molecule has 162 valence electrons. The van der Waals surface area contributed by atoms with Crippen LogP contribution in [0.5, 0.6) is 11.5 Å². The van der Waals surface area contributed by atoms with E-state index in [-0.39, 0.29) is 6.42 Å². The van der Waals surface area contributed by atoms with Crippen molar-refractivity contribution >= 4 is 11.9 Å². The SMILES string of the molecule is COC(=O)C[C@@H](NC(=O)c1c(-c2ccccc2)noc1C)c1ccc(OC)c(OC)c1. The van der Waals surface area contributed by atoms with Crippen molar-refractivity contribution in [1.82, 2.24) is 10.5 Å². The number of aryl methyl sites for hydroxylation is 1. The zero-order chi connectivity index (χ0) is 22.4. The summed E-state index contributed by atoms with van der Waals surface area (Å²) < 4.78 is 20.7. The minimum Gasteiger partial charge on any atom is -0.493 e. The molecule has 1 atom stereocenters. The number of rotatable bonds is 8. The molecule has 0 fully saturated rings. The summed E-state index contributed by atoms with van der Waals surface area (Å²) in [6, 6.07) is 13.8. The van der Waals surface area contributed by atoms with Gasteiger partial charge in [-0.05, 0) is 24.6 Å². The molecule has 0 unspecified atom stereocenters. The number of methoxy groups -OCH3 is 3. The third-order valence-electron chi connectivity index (χ3n) is 4.85. The van der Waals surface area contributed by atoms with E-state index in [9.17, 15) is 9.59 Å². The maximum Gasteiger partial charge on any atom is 0.307 e. The molecule has 0 aliphatic rings. The van der Waals surface area contributed by atoms with Crippen LogP contribution in [0.15, 0.2) is 53.1 Å². The fraction of sp³-hybridized carbons (Fsp3) is 0.261. The van der Waals surface area contributed by atoms with Crippen LogP contribution >= 0.6 is 0 Å². The van der Waals surface area contributed by atoms with Gasteiger partial charge in [-0.1, -0.05) is 41.6 Å². The van der Waals surface area contributed by atoms with Gasteiger partial charge >= 0.3 is 5.97 Å². The van der Waals surface area contributed by atoms with E-state index in [0.29, 0.717) is 34.1 Å². The number of hydrogen-bond donors (Lipinski definition) is 1. The zero-order valence-electron chi connectivity index (χ0n) is 17.8. The van der Waals surface area contributed by atoms with Gasteiger partial charge in [0.2, 0.25) is 0 Å². The number of benzene rings is 2. The first-order chi connectivity index (χ1) is 15.0. The smallest absolute Gasteiger partial charge is 0.307 e. The number of carbonyl (C=O) groups is 2. The molecule has 1 heterocycles. The first-order valence-electron chi connectivity index (χ1n) is 9.59. The topological polar surface area (TPSA) is 99.9 Å². The van der Waals surface area contributed by atoms with Gasteiger partial charge in [-0.3, -0.25) is 9.59 Å². The summed E-state index contributed by atoms with van der Waals surface area (Å²) in [5, 5.41) is 6.95. The van der Waals surface area contributed by atoms with Gasteiger partial charge in [-0.2, -0.15) is 0 Å². The standard InChI is InChI=1S/C23H24N2O6/c1-14-21(22(25-31-14)15-8-6-5-7-9-15)23(27)24-17(13-20(26)30-4)16-10-11-18(28-2)19(12-16)29-3/h5-12,17H,13H2,1-4H3,(H,24,27)/t17-/m1/s1. The van der Waals surface area contributed by atoms with Crippen LogP contribution in [0.3, 0.4) is 0 Å². The van der Waals surface area contributed by atoms with Gasteiger partial charge in [0.25, 0.3) is 5.91 Å². The predicted octanol–water partition coefficient (Wildman–Crippen LogP) is 3.70. The summed E-state index contributed by atoms with van der Waals surface area (Å²) in [5.74, 6) is 0.512. The van der Waals surface area contributed by atoms with Gasteiger partial charge in [0.05, 0.1) is 33.8 Å². The molecule has 0 bridgehead atoms. The second kappa shape index (κ2) is 9.80. The molecule has 0 aliphatic heterocycles. The van der Waals surface area contributed by atoms with E-state index in [2.05, 4.69) is 10.5 Å². The van der Waals surface area contributed by atoms with Crippen molar-refractivity contribution in [2.75, 3.05) is 21.3 Å². The third-order valence-corrected chi connectivity index (χ3v) is 4.85. The molecule has 0 saturated carbocycles. The van der Waals surface area contributed by atoms with Crippen LogP contribution in [-0.4, -0.2) is 38.4 Å². The fourth-order valence-electron chi connectivity index (χ4n) is 3.23. The molecular formula is C23H24N2O6. The predicted molar refractivity (Wildman–Crippen MR) is 113 cm³/mol. The van der Waals surface area contributed by atoms with Crippen LogP contribution in [0, 0.1) is 6.92 Å². The van der Waals surface area contributed by atoms with Crippen molar-refractivity contribution in [3.63, 3.8) is 0 Å². The Kier molecular flexibility index (Phi) is 6.92. The molecular weight excluding hydrogens is 400 g/mol. The second-order valence-corrected chi connectivity index (χ2v) is 6.75. The molecule has 8 nitrogen and oxygen atoms in total. The number of hydrogen-bond acceptors (Lipinski definition) is 7. The van der Waals surface area contributed by atoms with Gasteiger partial charge in [0, 0.05) is 5.56 Å².